The third-order valence-electron chi connectivity index (χ3n) is 5.20. The van der Waals surface area contributed by atoms with Gasteiger partial charge in [-0.2, -0.15) is 18.3 Å². The van der Waals surface area contributed by atoms with Gasteiger partial charge >= 0.3 is 6.18 Å². The topological polar surface area (TPSA) is 96.6 Å². The van der Waals surface area contributed by atoms with E-state index < -0.39 is 23.6 Å². The first-order valence-electron chi connectivity index (χ1n) is 10.1. The number of pyridine rings is 1. The number of hydrogen-bond acceptors (Lipinski definition) is 5. The fraction of sp³-hybridized carbons (Fsp3) is 0.217. The van der Waals surface area contributed by atoms with E-state index in [4.69, 9.17) is 4.42 Å². The lowest BCUT2D eigenvalue weighted by Gasteiger charge is -2.13. The molecule has 0 radical (unpaired) electrons. The number of alkyl halides is 3. The fourth-order valence-corrected chi connectivity index (χ4v) is 3.69. The van der Waals surface area contributed by atoms with Crippen molar-refractivity contribution in [1.82, 2.24) is 10.4 Å². The zero-order valence-corrected chi connectivity index (χ0v) is 17.5. The van der Waals surface area contributed by atoms with Gasteiger partial charge in [-0.25, -0.2) is 5.43 Å². The minimum absolute atomic E-state index is 0.0948. The molecular formula is C23H19F3N4O3. The molecule has 0 saturated heterocycles. The van der Waals surface area contributed by atoms with Crippen molar-refractivity contribution in [2.24, 2.45) is 5.10 Å². The molecule has 0 spiro atoms. The SMILES string of the molecule is Cc1c(C(=O)Nc2ccccc2C(F)(F)F)oc2c1/C(=N/NC(=O)c1ccccn1)CCC2. The van der Waals surface area contributed by atoms with E-state index in [1.807, 2.05) is 0 Å². The first-order chi connectivity index (χ1) is 15.8. The molecule has 0 unspecified atom stereocenters. The van der Waals surface area contributed by atoms with Crippen LogP contribution in [0.3, 0.4) is 0 Å². The Labute approximate surface area is 186 Å². The number of hydrogen-bond donors (Lipinski definition) is 2. The molecule has 1 aromatic carbocycles. The Morgan fingerprint density at radius 1 is 1.06 bits per heavy atom. The summed E-state index contributed by atoms with van der Waals surface area (Å²) in [6.45, 7) is 1.63. The second-order valence-electron chi connectivity index (χ2n) is 7.42. The summed E-state index contributed by atoms with van der Waals surface area (Å²) in [6.07, 6.45) is -1.38. The molecule has 2 heterocycles. The molecule has 2 N–H and O–H groups in total. The Bertz CT molecular complexity index is 1230. The predicted molar refractivity (Wildman–Crippen MR) is 114 cm³/mol. The second-order valence-corrected chi connectivity index (χ2v) is 7.42. The van der Waals surface area contributed by atoms with Crippen molar-refractivity contribution in [2.45, 2.75) is 32.4 Å². The quantitative estimate of drug-likeness (QED) is 0.555. The van der Waals surface area contributed by atoms with Crippen LogP contribution in [0, 0.1) is 6.92 Å². The summed E-state index contributed by atoms with van der Waals surface area (Å²) in [5, 5.41) is 6.50. The summed E-state index contributed by atoms with van der Waals surface area (Å²) in [5.74, 6) is -0.880. The van der Waals surface area contributed by atoms with Gasteiger partial charge in [-0.1, -0.05) is 18.2 Å². The average molecular weight is 456 g/mol. The smallest absolute Gasteiger partial charge is 0.418 e. The number of halogens is 3. The van der Waals surface area contributed by atoms with Gasteiger partial charge in [-0.05, 0) is 44.0 Å². The van der Waals surface area contributed by atoms with Crippen LogP contribution >= 0.6 is 0 Å². The number of carbonyl (C=O) groups excluding carboxylic acids is 2. The van der Waals surface area contributed by atoms with Gasteiger partial charge in [0.05, 0.1) is 17.0 Å². The van der Waals surface area contributed by atoms with Gasteiger partial charge in [-0.3, -0.25) is 14.6 Å². The van der Waals surface area contributed by atoms with Gasteiger partial charge < -0.3 is 9.73 Å². The van der Waals surface area contributed by atoms with Crippen LogP contribution in [0.2, 0.25) is 0 Å². The minimum Gasteiger partial charge on any atom is -0.455 e. The van der Waals surface area contributed by atoms with E-state index in [1.165, 1.54) is 24.4 Å². The molecule has 10 heteroatoms. The number of fused-ring (bicyclic) bond motifs is 1. The summed E-state index contributed by atoms with van der Waals surface area (Å²) in [6, 6.07) is 9.63. The molecule has 0 atom stereocenters. The van der Waals surface area contributed by atoms with E-state index in [1.54, 1.807) is 25.1 Å². The van der Waals surface area contributed by atoms with Crippen molar-refractivity contribution in [3.63, 3.8) is 0 Å². The van der Waals surface area contributed by atoms with E-state index in [2.05, 4.69) is 20.8 Å². The standard InChI is InChI=1S/C23H19F3N4O3/c1-13-19-16(29-30-21(31)17-9-4-5-12-27-17)10-6-11-18(19)33-20(13)22(32)28-15-8-3-2-7-14(15)23(24,25)26/h2-5,7-9,12H,6,10-11H2,1H3,(H,28,32)(H,30,31)/b29-16+. The number of benzene rings is 1. The second kappa shape index (κ2) is 8.89. The van der Waals surface area contributed by atoms with Crippen molar-refractivity contribution in [3.8, 4) is 0 Å². The first kappa shape index (κ1) is 22.3. The van der Waals surface area contributed by atoms with Crippen LogP contribution in [0.5, 0.6) is 0 Å². The highest BCUT2D eigenvalue weighted by molar-refractivity contribution is 6.09. The maximum Gasteiger partial charge on any atom is 0.418 e. The summed E-state index contributed by atoms with van der Waals surface area (Å²) < 4.78 is 45.5. The minimum atomic E-state index is -4.62. The number of aromatic nitrogens is 1. The largest absolute Gasteiger partial charge is 0.455 e. The van der Waals surface area contributed by atoms with Gasteiger partial charge in [0, 0.05) is 23.7 Å². The Morgan fingerprint density at radius 2 is 1.82 bits per heavy atom. The van der Waals surface area contributed by atoms with Crippen molar-refractivity contribution in [3.05, 3.63) is 82.6 Å². The van der Waals surface area contributed by atoms with Gasteiger partial charge in [0.2, 0.25) is 0 Å². The molecule has 7 nitrogen and oxygen atoms in total. The summed E-state index contributed by atoms with van der Waals surface area (Å²) in [5.41, 5.74) is 2.89. The lowest BCUT2D eigenvalue weighted by Crippen LogP contribution is -2.23. The Hall–Kier alpha value is -3.95. The molecule has 0 bridgehead atoms. The zero-order valence-electron chi connectivity index (χ0n) is 17.5. The molecule has 33 heavy (non-hydrogen) atoms. The van der Waals surface area contributed by atoms with Gasteiger partial charge in [0.15, 0.2) is 5.76 Å². The number of rotatable bonds is 4. The van der Waals surface area contributed by atoms with Crippen LogP contribution in [0.15, 0.2) is 58.2 Å². The number of carbonyl (C=O) groups is 2. The maximum atomic E-state index is 13.3. The van der Waals surface area contributed by atoms with Gasteiger partial charge in [-0.15, -0.1) is 0 Å². The van der Waals surface area contributed by atoms with Crippen molar-refractivity contribution >= 4 is 23.2 Å². The van der Waals surface area contributed by atoms with Gasteiger partial charge in [0.25, 0.3) is 11.8 Å². The number of anilines is 1. The zero-order chi connectivity index (χ0) is 23.6. The monoisotopic (exact) mass is 456 g/mol. The van der Waals surface area contributed by atoms with Crippen molar-refractivity contribution in [1.29, 1.82) is 0 Å². The highest BCUT2D eigenvalue weighted by Crippen LogP contribution is 2.35. The number of furan rings is 1. The molecule has 0 aliphatic heterocycles. The Morgan fingerprint density at radius 3 is 2.55 bits per heavy atom. The molecule has 1 aliphatic rings. The van der Waals surface area contributed by atoms with Crippen LogP contribution in [-0.4, -0.2) is 22.5 Å². The first-order valence-corrected chi connectivity index (χ1v) is 10.1. The van der Waals surface area contributed by atoms with E-state index in [9.17, 15) is 22.8 Å². The third kappa shape index (κ3) is 4.64. The predicted octanol–water partition coefficient (Wildman–Crippen LogP) is 4.72. The summed E-state index contributed by atoms with van der Waals surface area (Å²) >= 11 is 0. The number of hydrazone groups is 1. The summed E-state index contributed by atoms with van der Waals surface area (Å²) in [7, 11) is 0. The van der Waals surface area contributed by atoms with Crippen LogP contribution in [-0.2, 0) is 12.6 Å². The van der Waals surface area contributed by atoms with E-state index in [0.717, 1.165) is 6.07 Å². The number of amides is 2. The Kier molecular flexibility index (Phi) is 5.99. The normalized spacial score (nSPS) is 14.6. The molecule has 0 saturated carbocycles. The van der Waals surface area contributed by atoms with Crippen molar-refractivity contribution < 1.29 is 27.2 Å². The molecule has 4 rings (SSSR count). The lowest BCUT2D eigenvalue weighted by molar-refractivity contribution is -0.136. The van der Waals surface area contributed by atoms with Crippen LogP contribution in [0.1, 0.15) is 56.3 Å². The van der Waals surface area contributed by atoms with Crippen LogP contribution < -0.4 is 10.7 Å². The molecule has 2 amide bonds. The number of nitrogens with zero attached hydrogens (tertiary/aromatic N) is 2. The lowest BCUT2D eigenvalue weighted by atomic mass is 9.93. The van der Waals surface area contributed by atoms with Gasteiger partial charge in [0.1, 0.15) is 11.5 Å². The molecule has 1 aliphatic carbocycles. The highest BCUT2D eigenvalue weighted by atomic mass is 19.4. The van der Waals surface area contributed by atoms with E-state index in [-0.39, 0.29) is 17.1 Å². The highest BCUT2D eigenvalue weighted by Gasteiger charge is 2.34. The summed E-state index contributed by atoms with van der Waals surface area (Å²) in [4.78, 5) is 29.0. The average Bonchev–Trinajstić information content (AvgIpc) is 3.15. The van der Waals surface area contributed by atoms with E-state index in [0.29, 0.717) is 41.9 Å². The van der Waals surface area contributed by atoms with Crippen LogP contribution in [0.25, 0.3) is 0 Å². The Balaban J connectivity index is 1.59. The maximum absolute atomic E-state index is 13.3. The molecule has 2 aromatic heterocycles. The fourth-order valence-electron chi connectivity index (χ4n) is 3.69. The van der Waals surface area contributed by atoms with E-state index >= 15 is 0 Å². The molecule has 0 fully saturated rings. The molecule has 170 valence electrons. The number of aryl methyl sites for hydroxylation is 1. The van der Waals surface area contributed by atoms with Crippen molar-refractivity contribution in [2.75, 3.05) is 5.32 Å². The van der Waals surface area contributed by atoms with Crippen LogP contribution in [0.4, 0.5) is 18.9 Å². The molecular weight excluding hydrogens is 437 g/mol. The number of nitrogens with one attached hydrogen (secondary N) is 2. The third-order valence-corrected chi connectivity index (χ3v) is 5.20. The number of para-hydroxylation sites is 1. The molecule has 3 aromatic rings.